The summed E-state index contributed by atoms with van der Waals surface area (Å²) in [7, 11) is 0. The Morgan fingerprint density at radius 2 is 0.352 bits per heavy atom. The molecule has 756 valence electrons. The molecular weight excluding hydrogens is 1720 g/mol. The van der Waals surface area contributed by atoms with Crippen molar-refractivity contribution in [2.75, 3.05) is 9.80 Å². The van der Waals surface area contributed by atoms with Crippen molar-refractivity contribution in [3.63, 3.8) is 0 Å². The highest BCUT2D eigenvalue weighted by Gasteiger charge is 2.61. The largest absolute Gasteiger partial charge is 0.851 e. The molecule has 0 aliphatic heterocycles. The lowest BCUT2D eigenvalue weighted by molar-refractivity contribution is -0.557. The molecule has 0 heterocycles. The number of fused-ring (bicyclic) bond motifs is 8. The van der Waals surface area contributed by atoms with E-state index in [9.17, 15) is 0 Å². The van der Waals surface area contributed by atoms with Crippen LogP contribution in [0.2, 0.25) is 0 Å². The lowest BCUT2D eigenvalue weighted by Crippen LogP contribution is -2.75. The van der Waals surface area contributed by atoms with Crippen LogP contribution in [0.5, 0.6) is 0 Å². The van der Waals surface area contributed by atoms with E-state index in [4.69, 9.17) is 0 Å². The van der Waals surface area contributed by atoms with Gasteiger partial charge in [-0.15, -0.1) is 12.2 Å². The van der Waals surface area contributed by atoms with Gasteiger partial charge in [-0.05, 0) is 476 Å². The predicted molar refractivity (Wildman–Crippen MR) is 606 cm³/mol. The molecule has 0 aromatic heterocycles. The highest BCUT2D eigenvalue weighted by molar-refractivity contribution is 5.90. The van der Waals surface area contributed by atoms with Crippen molar-refractivity contribution in [1.29, 1.82) is 0 Å². The summed E-state index contributed by atoms with van der Waals surface area (Å²) in [6.07, 6.45) is 25.5. The third-order valence-electron chi connectivity index (χ3n) is 43.5. The zero-order valence-corrected chi connectivity index (χ0v) is 94.8. The first-order valence-electron chi connectivity index (χ1n) is 57.5. The molecule has 10 aromatic carbocycles. The molecule has 0 spiro atoms. The van der Waals surface area contributed by atoms with Gasteiger partial charge in [0.25, 0.3) is 0 Å². The fourth-order valence-corrected chi connectivity index (χ4v) is 36.0. The van der Waals surface area contributed by atoms with E-state index in [-0.39, 0.29) is 86.6 Å². The van der Waals surface area contributed by atoms with Crippen molar-refractivity contribution < 1.29 is 10.2 Å². The maximum Gasteiger partial charge on any atom is 0.0462 e. The first kappa shape index (κ1) is 102. The van der Waals surface area contributed by atoms with E-state index >= 15 is 10.2 Å². The van der Waals surface area contributed by atoms with Crippen LogP contribution in [0.15, 0.2) is 170 Å². The molecule has 0 saturated heterocycles. The van der Waals surface area contributed by atoms with Crippen molar-refractivity contribution in [1.82, 2.24) is 0 Å². The Morgan fingerprint density at radius 1 is 0.204 bits per heavy atom. The van der Waals surface area contributed by atoms with Crippen LogP contribution in [0.3, 0.4) is 0 Å². The normalized spacial score (nSPS) is 23.9. The summed E-state index contributed by atoms with van der Waals surface area (Å²) in [6.45, 7) is 82.1. The number of nitrogens with zero attached hydrogens (tertiary/aromatic N) is 2. The van der Waals surface area contributed by atoms with Gasteiger partial charge in [0.2, 0.25) is 0 Å². The monoisotopic (exact) mass is 1900 g/mol. The number of hydrogen-bond donors (Lipinski definition) is 0. The second-order valence-corrected chi connectivity index (χ2v) is 53.5. The average Bonchev–Trinajstić information content (AvgIpc) is 1.53. The van der Waals surface area contributed by atoms with Crippen LogP contribution in [-0.2, 0) is 92.1 Å². The van der Waals surface area contributed by atoms with Gasteiger partial charge in [-0.1, -0.05) is 326 Å². The minimum Gasteiger partial charge on any atom is -0.851 e. The van der Waals surface area contributed by atoms with Crippen LogP contribution >= 0.6 is 0 Å². The quantitative estimate of drug-likeness (QED) is 0.0469. The first-order chi connectivity index (χ1) is 67.1. The third kappa shape index (κ3) is 14.3. The maximum absolute atomic E-state index is 16.2. The molecule has 4 heteroatoms. The van der Waals surface area contributed by atoms with Crippen LogP contribution < -0.4 is 20.0 Å². The van der Waals surface area contributed by atoms with Gasteiger partial charge in [0, 0.05) is 34.1 Å². The molecule has 1 fully saturated rings. The summed E-state index contributed by atoms with van der Waals surface area (Å²) in [5, 5.41) is 32.3. The van der Waals surface area contributed by atoms with E-state index in [1.807, 2.05) is 0 Å². The lowest BCUT2D eigenvalue weighted by atomic mass is 9.51. The number of hydrogen-bond acceptors (Lipinski definition) is 4. The summed E-state index contributed by atoms with van der Waals surface area (Å²) in [6, 6.07) is 67.7. The molecule has 142 heavy (non-hydrogen) atoms. The highest BCUT2D eigenvalue weighted by Crippen LogP contribution is 2.71. The van der Waals surface area contributed by atoms with Gasteiger partial charge in [-0.2, -0.15) is 0 Å². The number of anilines is 6. The Balaban J connectivity index is 0.720. The molecule has 0 radical (unpaired) electrons. The second kappa shape index (κ2) is 34.7. The van der Waals surface area contributed by atoms with E-state index in [1.54, 1.807) is 89.0 Å². The van der Waals surface area contributed by atoms with Gasteiger partial charge >= 0.3 is 0 Å². The summed E-state index contributed by atoms with van der Waals surface area (Å²) < 4.78 is 0. The summed E-state index contributed by atoms with van der Waals surface area (Å²) >= 11 is 0. The van der Waals surface area contributed by atoms with Gasteiger partial charge < -0.3 is 20.0 Å². The molecule has 10 aromatic rings. The van der Waals surface area contributed by atoms with Gasteiger partial charge in [0.15, 0.2) is 0 Å². The van der Waals surface area contributed by atoms with E-state index in [2.05, 4.69) is 408 Å². The molecule has 1 saturated carbocycles. The zero-order valence-electron chi connectivity index (χ0n) is 94.8. The molecule has 9 aliphatic rings. The van der Waals surface area contributed by atoms with E-state index in [0.717, 1.165) is 199 Å². The van der Waals surface area contributed by atoms with Gasteiger partial charge in [0.1, 0.15) is 0 Å². The van der Waals surface area contributed by atoms with Crippen molar-refractivity contribution in [3.8, 4) is 44.5 Å². The summed E-state index contributed by atoms with van der Waals surface area (Å²) in [5.41, 5.74) is 44.3. The molecule has 4 nitrogen and oxygen atoms in total. The van der Waals surface area contributed by atoms with Crippen LogP contribution in [0.4, 0.5) is 34.1 Å². The molecule has 0 N–H and O–H groups in total. The van der Waals surface area contributed by atoms with Gasteiger partial charge in [-0.3, -0.25) is 0 Å². The summed E-state index contributed by atoms with van der Waals surface area (Å²) in [5.74, 6) is -0.732. The fourth-order valence-electron chi connectivity index (χ4n) is 36.0. The SMILES string of the molecule is CCC1(CC)CC(C)(C)c2c1cc1c(c2-c2ccc(N(c3ccc(-c4c5c(cc6c4C(C)(C)CC6(CC)CC)C(CC)(CC)CC5(C)C)cc3)c3ccc(C4C([O-])C(CC)(c5ccc(N(c6ccc(-c7c8c(cc9c7C(C)(C)CC9(CC)CC)C(CC)(CC)CC8(C)C)cc6)c6ccc(-c7c8c(cc9c7C(C)(C)CC9(CC)CC)C(CC)(CC)CC8(C)C)cc6)cc5)[C@@H]4[O-])cc3)cc2)C(C)(C)CC1(CC)CC. The smallest absolute Gasteiger partial charge is 0.0462 e. The molecule has 19 rings (SSSR count). The average molecular weight is 1900 g/mol. The Labute approximate surface area is 861 Å². The fraction of sp³-hybridized carbons (Fsp3) is 0.565. The van der Waals surface area contributed by atoms with Crippen LogP contribution in [-0.4, -0.2) is 12.2 Å². The minimum absolute atomic E-state index is 0.0176. The first-order valence-corrected chi connectivity index (χ1v) is 57.5. The molecule has 3 unspecified atom stereocenters. The molecule has 9 aliphatic carbocycles. The second-order valence-electron chi connectivity index (χ2n) is 53.5. The third-order valence-corrected chi connectivity index (χ3v) is 43.5. The zero-order chi connectivity index (χ0) is 102. The van der Waals surface area contributed by atoms with E-state index < -0.39 is 23.5 Å². The summed E-state index contributed by atoms with van der Waals surface area (Å²) in [4.78, 5) is 4.93. The predicted octanol–water partition coefficient (Wildman–Crippen LogP) is 37.1. The Bertz CT molecular complexity index is 5920. The number of benzene rings is 10. The minimum atomic E-state index is -1.17. The van der Waals surface area contributed by atoms with Crippen molar-refractivity contribution in [3.05, 3.63) is 270 Å². The van der Waals surface area contributed by atoms with Crippen molar-refractivity contribution in [2.45, 2.75) is 499 Å². The van der Waals surface area contributed by atoms with E-state index in [1.165, 1.54) is 44.5 Å². The van der Waals surface area contributed by atoms with Crippen LogP contribution in [0.25, 0.3) is 44.5 Å². The maximum atomic E-state index is 16.2. The van der Waals surface area contributed by atoms with Crippen LogP contribution in [0.1, 0.15) is 495 Å². The topological polar surface area (TPSA) is 52.6 Å². The molecule has 0 amide bonds. The Kier molecular flexibility index (Phi) is 25.0. The Morgan fingerprint density at radius 3 is 0.500 bits per heavy atom. The highest BCUT2D eigenvalue weighted by atomic mass is 16.3. The lowest BCUT2D eigenvalue weighted by Gasteiger charge is -2.70. The molecule has 0 bridgehead atoms. The van der Waals surface area contributed by atoms with Gasteiger partial charge in [-0.25, -0.2) is 0 Å². The molecule has 4 atom stereocenters. The standard InChI is InChI=1S/C138H180N2O2/c1-34-130(35-2)79-122(18,19)112-99(130)75-100-113(123(20,21)80-131(100,36-3)37-4)107(112)87-51-63-93(64-52-87)139(94-65-53-88(54-66-94)108-114-101(132(38-5,39-6)81-124(114,22)23)76-102-115(108)125(24,25)82-133(102,40-7)41-8)97-71-59-91(60-72-97)111-120(141)138(50-17,121(111)142)92-61-73-98(74-62-92)140(95-67-55-89(56-68-95)109-116-103(134(42-9,43-10)83-126(116,26)27)77-104-117(109)127(28,29)84-135(104,44-11)45-12)96-69-57-90(58-70-96)110-118-105(136(46-13,47-14)85-128(118,30)31)78-106-119(110)129(32,33)86-137(106,48-15)49-16/h51-78,111,120-121H,34-50,79-86H2,1-33H3/q-2/t111?,120-,121?,138?/m1/s1. The van der Waals surface area contributed by atoms with Crippen molar-refractivity contribution in [2.24, 2.45) is 0 Å². The Hall–Kier alpha value is -8.28. The van der Waals surface area contributed by atoms with Crippen LogP contribution in [0, 0.1) is 0 Å². The van der Waals surface area contributed by atoms with Gasteiger partial charge in [0.05, 0.1) is 0 Å². The molecular formula is C138H180N2O2-2. The van der Waals surface area contributed by atoms with Crippen molar-refractivity contribution >= 4 is 34.1 Å². The number of rotatable bonds is 29. The van der Waals surface area contributed by atoms with E-state index in [0.29, 0.717) is 6.42 Å².